The number of methoxy groups -OCH3 is 1. The van der Waals surface area contributed by atoms with E-state index in [0.29, 0.717) is 12.8 Å². The summed E-state index contributed by atoms with van der Waals surface area (Å²) in [5.41, 5.74) is -1.11. The van der Waals surface area contributed by atoms with Crippen molar-refractivity contribution in [3.8, 4) is 5.75 Å². The summed E-state index contributed by atoms with van der Waals surface area (Å²) in [6.07, 6.45) is 0.755. The van der Waals surface area contributed by atoms with Crippen molar-refractivity contribution in [3.05, 3.63) is 33.9 Å². The summed E-state index contributed by atoms with van der Waals surface area (Å²) in [6, 6.07) is 3.74. The molecular formula is C15H20N2O6. The van der Waals surface area contributed by atoms with E-state index in [1.165, 1.54) is 25.3 Å². The molecule has 1 aromatic rings. The van der Waals surface area contributed by atoms with Gasteiger partial charge in [-0.2, -0.15) is 0 Å². The molecule has 0 heterocycles. The fourth-order valence-electron chi connectivity index (χ4n) is 2.20. The standard InChI is InChI=1S/C15H20N2O6/c1-4-15(5-2,14(19)20)9-16-13(18)10-6-7-11(17(21)22)12(8-10)23-3/h6-8H,4-5,9H2,1-3H3,(H,16,18)(H,19,20). The van der Waals surface area contributed by atoms with E-state index >= 15 is 0 Å². The number of hydrogen-bond acceptors (Lipinski definition) is 5. The van der Waals surface area contributed by atoms with Gasteiger partial charge in [0.05, 0.1) is 17.4 Å². The second-order valence-electron chi connectivity index (χ2n) is 5.12. The van der Waals surface area contributed by atoms with Crippen molar-refractivity contribution < 1.29 is 24.4 Å². The van der Waals surface area contributed by atoms with Crippen molar-refractivity contribution >= 4 is 17.6 Å². The number of carbonyl (C=O) groups is 2. The molecule has 0 spiro atoms. The minimum atomic E-state index is -1.03. The lowest BCUT2D eigenvalue weighted by Crippen LogP contribution is -2.42. The van der Waals surface area contributed by atoms with Gasteiger partial charge in [0.2, 0.25) is 0 Å². The Hall–Kier alpha value is -2.64. The van der Waals surface area contributed by atoms with Crippen molar-refractivity contribution in [2.75, 3.05) is 13.7 Å². The molecule has 0 aliphatic rings. The molecule has 2 N–H and O–H groups in total. The van der Waals surface area contributed by atoms with Gasteiger partial charge in [-0.3, -0.25) is 19.7 Å². The van der Waals surface area contributed by atoms with Gasteiger partial charge >= 0.3 is 11.7 Å². The number of ether oxygens (including phenoxy) is 1. The SMILES string of the molecule is CCC(CC)(CNC(=O)c1ccc([N+](=O)[O-])c(OC)c1)C(=O)O. The van der Waals surface area contributed by atoms with E-state index in [2.05, 4.69) is 5.32 Å². The number of aliphatic carboxylic acids is 1. The molecule has 0 aromatic heterocycles. The molecule has 0 saturated heterocycles. The van der Waals surface area contributed by atoms with Gasteiger partial charge in [-0.05, 0) is 18.9 Å². The Balaban J connectivity index is 2.94. The predicted octanol–water partition coefficient (Wildman–Crippen LogP) is 2.22. The van der Waals surface area contributed by atoms with Crippen molar-refractivity contribution in [1.29, 1.82) is 0 Å². The summed E-state index contributed by atoms with van der Waals surface area (Å²) < 4.78 is 4.91. The van der Waals surface area contributed by atoms with Crippen LogP contribution in [-0.2, 0) is 4.79 Å². The fraction of sp³-hybridized carbons (Fsp3) is 0.467. The average molecular weight is 324 g/mol. The Morgan fingerprint density at radius 2 is 1.96 bits per heavy atom. The number of nitrogens with one attached hydrogen (secondary N) is 1. The molecule has 0 aliphatic carbocycles. The Labute approximate surface area is 133 Å². The van der Waals surface area contributed by atoms with Crippen LogP contribution in [0.1, 0.15) is 37.0 Å². The molecule has 0 unspecified atom stereocenters. The monoisotopic (exact) mass is 324 g/mol. The number of rotatable bonds is 8. The molecule has 1 aromatic carbocycles. The highest BCUT2D eigenvalue weighted by Crippen LogP contribution is 2.28. The van der Waals surface area contributed by atoms with Crippen LogP contribution in [0, 0.1) is 15.5 Å². The van der Waals surface area contributed by atoms with Gasteiger partial charge in [0.1, 0.15) is 0 Å². The molecule has 1 rings (SSSR count). The van der Waals surface area contributed by atoms with Crippen LogP contribution in [0.25, 0.3) is 0 Å². The highest BCUT2D eigenvalue weighted by Gasteiger charge is 2.35. The topological polar surface area (TPSA) is 119 Å². The Morgan fingerprint density at radius 1 is 1.35 bits per heavy atom. The van der Waals surface area contributed by atoms with Crippen LogP contribution in [-0.4, -0.2) is 35.6 Å². The highest BCUT2D eigenvalue weighted by atomic mass is 16.6. The van der Waals surface area contributed by atoms with Crippen molar-refractivity contribution in [3.63, 3.8) is 0 Å². The number of carboxylic acid groups (broad SMARTS) is 1. The summed E-state index contributed by atoms with van der Waals surface area (Å²) in [6.45, 7) is 3.48. The van der Waals surface area contributed by atoms with Crippen LogP contribution >= 0.6 is 0 Å². The molecule has 0 atom stereocenters. The van der Waals surface area contributed by atoms with Gasteiger partial charge in [0.25, 0.3) is 5.91 Å². The van der Waals surface area contributed by atoms with Gasteiger partial charge in [-0.1, -0.05) is 13.8 Å². The lowest BCUT2D eigenvalue weighted by molar-refractivity contribution is -0.385. The van der Waals surface area contributed by atoms with Gasteiger partial charge in [-0.15, -0.1) is 0 Å². The van der Waals surface area contributed by atoms with Crippen LogP contribution in [0.15, 0.2) is 18.2 Å². The van der Waals surface area contributed by atoms with Crippen molar-refractivity contribution in [2.45, 2.75) is 26.7 Å². The van der Waals surface area contributed by atoms with E-state index in [9.17, 15) is 24.8 Å². The number of carbonyl (C=O) groups excluding carboxylic acids is 1. The minimum absolute atomic E-state index is 0.0204. The first kappa shape index (κ1) is 18.4. The second kappa shape index (κ2) is 7.57. The van der Waals surface area contributed by atoms with E-state index in [1.807, 2.05) is 0 Å². The van der Waals surface area contributed by atoms with E-state index < -0.39 is 22.2 Å². The Bertz CT molecular complexity index is 610. The summed E-state index contributed by atoms with van der Waals surface area (Å²) in [5.74, 6) is -1.51. The first-order chi connectivity index (χ1) is 10.8. The van der Waals surface area contributed by atoms with Gasteiger partial charge in [0.15, 0.2) is 5.75 Å². The molecule has 0 bridgehead atoms. The molecule has 23 heavy (non-hydrogen) atoms. The van der Waals surface area contributed by atoms with Crippen molar-refractivity contribution in [1.82, 2.24) is 5.32 Å². The van der Waals surface area contributed by atoms with Gasteiger partial charge in [-0.25, -0.2) is 0 Å². The molecule has 0 aliphatic heterocycles. The predicted molar refractivity (Wildman–Crippen MR) is 82.6 cm³/mol. The van der Waals surface area contributed by atoms with Crippen LogP contribution in [0.3, 0.4) is 0 Å². The second-order valence-corrected chi connectivity index (χ2v) is 5.12. The molecule has 8 nitrogen and oxygen atoms in total. The Kier molecular flexibility index (Phi) is 6.06. The Morgan fingerprint density at radius 3 is 2.39 bits per heavy atom. The summed E-state index contributed by atoms with van der Waals surface area (Å²) in [7, 11) is 1.27. The lowest BCUT2D eigenvalue weighted by atomic mass is 9.82. The number of nitro benzene ring substituents is 1. The van der Waals surface area contributed by atoms with Gasteiger partial charge in [0, 0.05) is 24.2 Å². The molecule has 1 amide bonds. The number of hydrogen-bond donors (Lipinski definition) is 2. The molecule has 0 fully saturated rings. The smallest absolute Gasteiger partial charge is 0.311 e. The first-order valence-electron chi connectivity index (χ1n) is 7.15. The van der Waals surface area contributed by atoms with Crippen LogP contribution in [0.4, 0.5) is 5.69 Å². The largest absolute Gasteiger partial charge is 0.490 e. The zero-order valence-electron chi connectivity index (χ0n) is 13.3. The van der Waals surface area contributed by atoms with Crippen molar-refractivity contribution in [2.24, 2.45) is 5.41 Å². The fourth-order valence-corrected chi connectivity index (χ4v) is 2.20. The third-order valence-electron chi connectivity index (χ3n) is 4.03. The van der Waals surface area contributed by atoms with Gasteiger partial charge < -0.3 is 15.2 Å². The van der Waals surface area contributed by atoms with E-state index in [4.69, 9.17) is 4.74 Å². The maximum Gasteiger partial charge on any atom is 0.311 e. The number of carboxylic acids is 1. The average Bonchev–Trinajstić information content (AvgIpc) is 2.54. The van der Waals surface area contributed by atoms with Crippen LogP contribution in [0.2, 0.25) is 0 Å². The maximum absolute atomic E-state index is 12.2. The lowest BCUT2D eigenvalue weighted by Gasteiger charge is -2.26. The van der Waals surface area contributed by atoms with Crippen LogP contribution in [0.5, 0.6) is 5.75 Å². The minimum Gasteiger partial charge on any atom is -0.490 e. The zero-order chi connectivity index (χ0) is 17.6. The van der Waals surface area contributed by atoms with E-state index in [1.54, 1.807) is 13.8 Å². The molecule has 8 heteroatoms. The number of amides is 1. The normalized spacial score (nSPS) is 10.9. The summed E-state index contributed by atoms with van der Waals surface area (Å²) >= 11 is 0. The third-order valence-corrected chi connectivity index (χ3v) is 4.03. The quantitative estimate of drug-likeness (QED) is 0.559. The highest BCUT2D eigenvalue weighted by molar-refractivity contribution is 5.95. The summed E-state index contributed by atoms with van der Waals surface area (Å²) in [5, 5.41) is 22.7. The number of benzene rings is 1. The molecule has 0 radical (unpaired) electrons. The molecule has 126 valence electrons. The van der Waals surface area contributed by atoms with E-state index in [0.717, 1.165) is 0 Å². The molecular weight excluding hydrogens is 304 g/mol. The molecule has 0 saturated carbocycles. The first-order valence-corrected chi connectivity index (χ1v) is 7.15. The van der Waals surface area contributed by atoms with Crippen LogP contribution < -0.4 is 10.1 Å². The van der Waals surface area contributed by atoms with E-state index in [-0.39, 0.29) is 23.5 Å². The third kappa shape index (κ3) is 3.97. The number of nitrogens with zero attached hydrogens (tertiary/aromatic N) is 1. The summed E-state index contributed by atoms with van der Waals surface area (Å²) in [4.78, 5) is 33.8. The number of nitro groups is 1. The zero-order valence-corrected chi connectivity index (χ0v) is 13.3. The maximum atomic E-state index is 12.2.